The first-order valence-corrected chi connectivity index (χ1v) is 5.52. The summed E-state index contributed by atoms with van der Waals surface area (Å²) in [5.74, 6) is -2.75. The van der Waals surface area contributed by atoms with E-state index in [0.717, 1.165) is 11.3 Å². The quantitative estimate of drug-likeness (QED) is 0.587. The number of carboxylic acids is 2. The summed E-state index contributed by atoms with van der Waals surface area (Å²) in [5, 5.41) is 29.5. The largest absolute Gasteiger partial charge is 0.481 e. The minimum Gasteiger partial charge on any atom is -0.481 e. The normalized spacial score (nSPS) is 11.6. The van der Waals surface area contributed by atoms with Crippen molar-refractivity contribution < 1.29 is 24.6 Å². The Morgan fingerprint density at radius 1 is 1.33 bits per heavy atom. The van der Waals surface area contributed by atoms with Crippen molar-refractivity contribution in [2.24, 2.45) is 0 Å². The van der Waals surface area contributed by atoms with Crippen molar-refractivity contribution in [3.63, 3.8) is 0 Å². The Kier molecular flexibility index (Phi) is 4.54. The third-order valence-corrected chi connectivity index (χ3v) is 2.48. The lowest BCUT2D eigenvalue weighted by molar-refractivity contribution is -0.145. The van der Waals surface area contributed by atoms with E-state index in [0.29, 0.717) is 5.01 Å². The number of rotatable bonds is 5. The lowest BCUT2D eigenvalue weighted by Gasteiger charge is -2.11. The molecule has 0 radical (unpaired) electrons. The third-order valence-electron chi connectivity index (χ3n) is 1.73. The first-order valence-electron chi connectivity index (χ1n) is 4.70. The maximum atomic E-state index is 11.4. The SMILES string of the molecule is Cc1nnc(NC(=O)N[C@@H](CC(=O)O)C(=O)O)s1. The summed E-state index contributed by atoms with van der Waals surface area (Å²) in [6, 6.07) is -2.35. The zero-order valence-electron chi connectivity index (χ0n) is 9.21. The Labute approximate surface area is 105 Å². The number of nitrogens with zero attached hydrogens (tertiary/aromatic N) is 2. The number of carbonyl (C=O) groups excluding carboxylic acids is 1. The minimum absolute atomic E-state index is 0.199. The lowest BCUT2D eigenvalue weighted by Crippen LogP contribution is -2.44. The Balaban J connectivity index is 2.56. The maximum Gasteiger partial charge on any atom is 0.326 e. The van der Waals surface area contributed by atoms with Crippen LogP contribution in [0.4, 0.5) is 9.93 Å². The molecule has 18 heavy (non-hydrogen) atoms. The molecule has 0 aliphatic rings. The maximum absolute atomic E-state index is 11.4. The molecular weight excluding hydrogens is 264 g/mol. The summed E-state index contributed by atoms with van der Waals surface area (Å²) >= 11 is 1.11. The number of aryl methyl sites for hydroxylation is 1. The van der Waals surface area contributed by atoms with Gasteiger partial charge in [-0.05, 0) is 6.92 Å². The number of aliphatic carboxylic acids is 2. The van der Waals surface area contributed by atoms with E-state index in [1.807, 2.05) is 5.32 Å². The molecule has 10 heteroatoms. The highest BCUT2D eigenvalue weighted by Crippen LogP contribution is 2.13. The van der Waals surface area contributed by atoms with Crippen LogP contribution in [0.5, 0.6) is 0 Å². The Hall–Kier alpha value is -2.23. The van der Waals surface area contributed by atoms with Gasteiger partial charge >= 0.3 is 18.0 Å². The van der Waals surface area contributed by atoms with Crippen molar-refractivity contribution in [2.45, 2.75) is 19.4 Å². The number of urea groups is 1. The topological polar surface area (TPSA) is 142 Å². The fourth-order valence-electron chi connectivity index (χ4n) is 1.01. The van der Waals surface area contributed by atoms with Crippen LogP contribution >= 0.6 is 11.3 Å². The van der Waals surface area contributed by atoms with E-state index < -0.39 is 30.4 Å². The van der Waals surface area contributed by atoms with E-state index in [9.17, 15) is 14.4 Å². The van der Waals surface area contributed by atoms with Gasteiger partial charge in [-0.15, -0.1) is 10.2 Å². The van der Waals surface area contributed by atoms with Crippen LogP contribution in [-0.2, 0) is 9.59 Å². The van der Waals surface area contributed by atoms with Gasteiger partial charge in [-0.3, -0.25) is 10.1 Å². The summed E-state index contributed by atoms with van der Waals surface area (Å²) in [4.78, 5) is 32.5. The van der Waals surface area contributed by atoms with Gasteiger partial charge in [0.05, 0.1) is 6.42 Å². The molecule has 0 spiro atoms. The van der Waals surface area contributed by atoms with E-state index in [4.69, 9.17) is 10.2 Å². The van der Waals surface area contributed by atoms with E-state index in [1.165, 1.54) is 0 Å². The summed E-state index contributed by atoms with van der Waals surface area (Å²) in [6.45, 7) is 1.69. The van der Waals surface area contributed by atoms with Crippen LogP contribution in [0.25, 0.3) is 0 Å². The van der Waals surface area contributed by atoms with Crippen LogP contribution in [0, 0.1) is 6.92 Å². The first-order chi connectivity index (χ1) is 8.38. The van der Waals surface area contributed by atoms with Crippen LogP contribution in [0.1, 0.15) is 11.4 Å². The second kappa shape index (κ2) is 5.91. The molecule has 1 rings (SSSR count). The average Bonchev–Trinajstić information content (AvgIpc) is 2.62. The molecule has 0 aliphatic heterocycles. The highest BCUT2D eigenvalue weighted by molar-refractivity contribution is 7.15. The molecule has 9 nitrogen and oxygen atoms in total. The number of carbonyl (C=O) groups is 3. The van der Waals surface area contributed by atoms with Crippen molar-refractivity contribution in [3.8, 4) is 0 Å². The Morgan fingerprint density at radius 3 is 2.44 bits per heavy atom. The molecule has 2 amide bonds. The molecule has 1 heterocycles. The Morgan fingerprint density at radius 2 is 2.00 bits per heavy atom. The number of aromatic nitrogens is 2. The second-order valence-electron chi connectivity index (χ2n) is 3.21. The molecule has 0 fully saturated rings. The summed E-state index contributed by atoms with van der Waals surface area (Å²) in [5.41, 5.74) is 0. The molecule has 0 unspecified atom stereocenters. The average molecular weight is 274 g/mol. The molecule has 0 saturated heterocycles. The zero-order valence-corrected chi connectivity index (χ0v) is 10.0. The molecule has 98 valence electrons. The molecule has 0 aromatic carbocycles. The van der Waals surface area contributed by atoms with Gasteiger partial charge < -0.3 is 15.5 Å². The van der Waals surface area contributed by atoms with Gasteiger partial charge in [0.25, 0.3) is 0 Å². The second-order valence-corrected chi connectivity index (χ2v) is 4.40. The molecule has 4 N–H and O–H groups in total. The molecule has 1 aromatic heterocycles. The standard InChI is InChI=1S/C8H10N4O5S/c1-3-11-12-8(18-3)10-7(17)9-4(6(15)16)2-5(13)14/h4H,2H2,1H3,(H,13,14)(H,15,16)(H2,9,10,12,17)/t4-/m0/s1. The number of nitrogens with one attached hydrogen (secondary N) is 2. The number of hydrogen-bond donors (Lipinski definition) is 4. The molecule has 0 saturated carbocycles. The predicted molar refractivity (Wildman–Crippen MR) is 60.5 cm³/mol. The molecule has 1 atom stereocenters. The molecular formula is C8H10N4O5S. The van der Waals surface area contributed by atoms with Gasteiger partial charge in [-0.2, -0.15) is 0 Å². The van der Waals surface area contributed by atoms with Crippen LogP contribution < -0.4 is 10.6 Å². The highest BCUT2D eigenvalue weighted by Gasteiger charge is 2.23. The molecule has 1 aromatic rings. The van der Waals surface area contributed by atoms with Crippen molar-refractivity contribution in [1.82, 2.24) is 15.5 Å². The Bertz CT molecular complexity index is 474. The fraction of sp³-hybridized carbons (Fsp3) is 0.375. The number of carboxylic acid groups (broad SMARTS) is 2. The van der Waals surface area contributed by atoms with Crippen LogP contribution in [0.2, 0.25) is 0 Å². The molecule has 0 bridgehead atoms. The van der Waals surface area contributed by atoms with Gasteiger partial charge in [-0.25, -0.2) is 9.59 Å². The molecule has 0 aliphatic carbocycles. The third kappa shape index (κ3) is 4.33. The van der Waals surface area contributed by atoms with Crippen molar-refractivity contribution in [1.29, 1.82) is 0 Å². The van der Waals surface area contributed by atoms with Crippen molar-refractivity contribution >= 4 is 34.4 Å². The number of amides is 2. The van der Waals surface area contributed by atoms with Gasteiger partial charge in [0.2, 0.25) is 5.13 Å². The monoisotopic (exact) mass is 274 g/mol. The highest BCUT2D eigenvalue weighted by atomic mass is 32.1. The minimum atomic E-state index is -1.50. The fourth-order valence-corrected chi connectivity index (χ4v) is 1.60. The number of anilines is 1. The van der Waals surface area contributed by atoms with Gasteiger partial charge in [0, 0.05) is 0 Å². The zero-order chi connectivity index (χ0) is 13.7. The predicted octanol–water partition coefficient (Wildman–Crippen LogP) is -0.104. The van der Waals surface area contributed by atoms with Gasteiger partial charge in [0.15, 0.2) is 0 Å². The van der Waals surface area contributed by atoms with E-state index >= 15 is 0 Å². The van der Waals surface area contributed by atoms with Gasteiger partial charge in [0.1, 0.15) is 11.0 Å². The van der Waals surface area contributed by atoms with E-state index in [1.54, 1.807) is 6.92 Å². The lowest BCUT2D eigenvalue weighted by atomic mass is 10.2. The van der Waals surface area contributed by atoms with E-state index in [-0.39, 0.29) is 5.13 Å². The smallest absolute Gasteiger partial charge is 0.326 e. The number of hydrogen-bond acceptors (Lipinski definition) is 6. The van der Waals surface area contributed by atoms with Crippen molar-refractivity contribution in [3.05, 3.63) is 5.01 Å². The van der Waals surface area contributed by atoms with Crippen LogP contribution in [0.15, 0.2) is 0 Å². The van der Waals surface area contributed by atoms with E-state index in [2.05, 4.69) is 15.5 Å². The van der Waals surface area contributed by atoms with Crippen LogP contribution in [0.3, 0.4) is 0 Å². The summed E-state index contributed by atoms with van der Waals surface area (Å²) in [7, 11) is 0. The van der Waals surface area contributed by atoms with Crippen molar-refractivity contribution in [2.75, 3.05) is 5.32 Å². The van der Waals surface area contributed by atoms with Gasteiger partial charge in [-0.1, -0.05) is 11.3 Å². The first kappa shape index (κ1) is 13.8. The summed E-state index contributed by atoms with van der Waals surface area (Å²) in [6.07, 6.45) is -0.710. The van der Waals surface area contributed by atoms with Crippen LogP contribution in [-0.4, -0.2) is 44.4 Å². The summed E-state index contributed by atoms with van der Waals surface area (Å²) < 4.78 is 0.